The molecule has 2 rings (SSSR count). The van der Waals surface area contributed by atoms with Gasteiger partial charge in [0.05, 0.1) is 5.69 Å². The van der Waals surface area contributed by atoms with Crippen molar-refractivity contribution >= 4 is 5.69 Å². The highest BCUT2D eigenvalue weighted by Gasteiger charge is 2.29. The molecule has 17 heavy (non-hydrogen) atoms. The molecule has 0 heterocycles. The van der Waals surface area contributed by atoms with E-state index in [0.29, 0.717) is 11.7 Å². The first kappa shape index (κ1) is 12.4. The van der Waals surface area contributed by atoms with E-state index < -0.39 is 0 Å². The fraction of sp³-hybridized carbons (Fsp3) is 0.571. The van der Waals surface area contributed by atoms with Crippen LogP contribution >= 0.6 is 0 Å². The normalized spacial score (nSPS) is 17.2. The second kappa shape index (κ2) is 5.50. The highest BCUT2D eigenvalue weighted by Crippen LogP contribution is 2.34. The SMILES string of the molecule is CC(C1CC1)N(C)CCNc1ccccc1F. The van der Waals surface area contributed by atoms with Gasteiger partial charge >= 0.3 is 0 Å². The van der Waals surface area contributed by atoms with E-state index in [1.54, 1.807) is 12.1 Å². The Labute approximate surface area is 103 Å². The molecule has 0 aromatic heterocycles. The summed E-state index contributed by atoms with van der Waals surface area (Å²) in [7, 11) is 2.14. The summed E-state index contributed by atoms with van der Waals surface area (Å²) in [5, 5.41) is 3.14. The molecule has 1 fully saturated rings. The highest BCUT2D eigenvalue weighted by molar-refractivity contribution is 5.44. The third-order valence-electron chi connectivity index (χ3n) is 3.65. The van der Waals surface area contributed by atoms with Crippen molar-refractivity contribution < 1.29 is 4.39 Å². The van der Waals surface area contributed by atoms with Crippen molar-refractivity contribution in [3.8, 4) is 0 Å². The van der Waals surface area contributed by atoms with Gasteiger partial charge in [0.2, 0.25) is 0 Å². The third-order valence-corrected chi connectivity index (χ3v) is 3.65. The van der Waals surface area contributed by atoms with Crippen LogP contribution in [0.2, 0.25) is 0 Å². The van der Waals surface area contributed by atoms with E-state index in [1.165, 1.54) is 18.9 Å². The lowest BCUT2D eigenvalue weighted by Crippen LogP contribution is -2.34. The number of anilines is 1. The van der Waals surface area contributed by atoms with Gasteiger partial charge in [-0.1, -0.05) is 12.1 Å². The Morgan fingerprint density at radius 1 is 1.41 bits per heavy atom. The van der Waals surface area contributed by atoms with E-state index in [-0.39, 0.29) is 5.82 Å². The Kier molecular flexibility index (Phi) is 4.00. The van der Waals surface area contributed by atoms with E-state index in [1.807, 2.05) is 6.07 Å². The Balaban J connectivity index is 1.73. The molecular weight excluding hydrogens is 215 g/mol. The van der Waals surface area contributed by atoms with Gasteiger partial charge in [0.25, 0.3) is 0 Å². The summed E-state index contributed by atoms with van der Waals surface area (Å²) < 4.78 is 13.3. The number of nitrogens with one attached hydrogen (secondary N) is 1. The largest absolute Gasteiger partial charge is 0.381 e. The van der Waals surface area contributed by atoms with E-state index >= 15 is 0 Å². The minimum atomic E-state index is -0.176. The van der Waals surface area contributed by atoms with Gasteiger partial charge < -0.3 is 10.2 Å². The topological polar surface area (TPSA) is 15.3 Å². The van der Waals surface area contributed by atoms with Gasteiger partial charge in [-0.05, 0) is 44.9 Å². The molecular formula is C14H21FN2. The molecule has 2 nitrogen and oxygen atoms in total. The number of hydrogen-bond acceptors (Lipinski definition) is 2. The van der Waals surface area contributed by atoms with Gasteiger partial charge in [-0.2, -0.15) is 0 Å². The van der Waals surface area contributed by atoms with Crippen LogP contribution in [-0.4, -0.2) is 31.1 Å². The van der Waals surface area contributed by atoms with E-state index in [0.717, 1.165) is 19.0 Å². The molecule has 1 aliphatic rings. The summed E-state index contributed by atoms with van der Waals surface area (Å²) in [6, 6.07) is 7.47. The maximum absolute atomic E-state index is 13.3. The van der Waals surface area contributed by atoms with Gasteiger partial charge in [0.15, 0.2) is 0 Å². The van der Waals surface area contributed by atoms with Gasteiger partial charge in [-0.15, -0.1) is 0 Å². The molecule has 1 unspecified atom stereocenters. The molecule has 1 saturated carbocycles. The van der Waals surface area contributed by atoms with Gasteiger partial charge in [0.1, 0.15) is 5.82 Å². The van der Waals surface area contributed by atoms with Crippen molar-refractivity contribution in [1.82, 2.24) is 4.90 Å². The van der Waals surface area contributed by atoms with Crippen LogP contribution in [0.5, 0.6) is 0 Å². The summed E-state index contributed by atoms with van der Waals surface area (Å²) in [6.07, 6.45) is 2.73. The first-order valence-corrected chi connectivity index (χ1v) is 6.37. The van der Waals surface area contributed by atoms with Crippen molar-refractivity contribution in [3.63, 3.8) is 0 Å². The Bertz CT molecular complexity index is 363. The van der Waals surface area contributed by atoms with Crippen LogP contribution in [0.15, 0.2) is 24.3 Å². The van der Waals surface area contributed by atoms with Crippen molar-refractivity contribution in [2.45, 2.75) is 25.8 Å². The third kappa shape index (κ3) is 3.43. The molecule has 0 aliphatic heterocycles. The molecule has 1 aliphatic carbocycles. The van der Waals surface area contributed by atoms with Crippen molar-refractivity contribution in [2.75, 3.05) is 25.5 Å². The first-order chi connectivity index (χ1) is 8.18. The van der Waals surface area contributed by atoms with Gasteiger partial charge in [0, 0.05) is 19.1 Å². The van der Waals surface area contributed by atoms with Crippen LogP contribution < -0.4 is 5.32 Å². The smallest absolute Gasteiger partial charge is 0.146 e. The summed E-state index contributed by atoms with van der Waals surface area (Å²) in [5.74, 6) is 0.707. The van der Waals surface area contributed by atoms with Gasteiger partial charge in [-0.25, -0.2) is 4.39 Å². The fourth-order valence-corrected chi connectivity index (χ4v) is 2.11. The Morgan fingerprint density at radius 2 is 2.12 bits per heavy atom. The number of likely N-dealkylation sites (N-methyl/N-ethyl adjacent to an activating group) is 1. The average Bonchev–Trinajstić information content (AvgIpc) is 3.14. The number of nitrogens with zero attached hydrogens (tertiary/aromatic N) is 1. The quantitative estimate of drug-likeness (QED) is 0.817. The standard InChI is InChI=1S/C14H21FN2/c1-11(12-7-8-12)17(2)10-9-16-14-6-4-3-5-13(14)15/h3-6,11-12,16H,7-10H2,1-2H3. The zero-order chi connectivity index (χ0) is 12.3. The van der Waals surface area contributed by atoms with E-state index in [4.69, 9.17) is 0 Å². The lowest BCUT2D eigenvalue weighted by Gasteiger charge is -2.24. The average molecular weight is 236 g/mol. The molecule has 1 aromatic rings. The summed E-state index contributed by atoms with van der Waals surface area (Å²) in [6.45, 7) is 4.02. The maximum atomic E-state index is 13.3. The predicted molar refractivity (Wildman–Crippen MR) is 69.7 cm³/mol. The lowest BCUT2D eigenvalue weighted by molar-refractivity contribution is 0.243. The number of rotatable bonds is 6. The molecule has 0 amide bonds. The molecule has 0 bridgehead atoms. The second-order valence-electron chi connectivity index (χ2n) is 4.97. The number of hydrogen-bond donors (Lipinski definition) is 1. The number of para-hydroxylation sites is 1. The molecule has 0 radical (unpaired) electrons. The van der Waals surface area contributed by atoms with Gasteiger partial charge in [-0.3, -0.25) is 0 Å². The van der Waals surface area contributed by atoms with Crippen LogP contribution in [0.4, 0.5) is 10.1 Å². The minimum Gasteiger partial charge on any atom is -0.381 e. The van der Waals surface area contributed by atoms with Crippen LogP contribution in [0, 0.1) is 11.7 Å². The van der Waals surface area contributed by atoms with Crippen LogP contribution in [0.25, 0.3) is 0 Å². The molecule has 94 valence electrons. The Morgan fingerprint density at radius 3 is 2.76 bits per heavy atom. The second-order valence-corrected chi connectivity index (χ2v) is 4.97. The number of halogens is 1. The fourth-order valence-electron chi connectivity index (χ4n) is 2.11. The highest BCUT2D eigenvalue weighted by atomic mass is 19.1. The predicted octanol–water partition coefficient (Wildman–Crippen LogP) is 2.97. The van der Waals surface area contributed by atoms with Crippen LogP contribution in [0.3, 0.4) is 0 Å². The monoisotopic (exact) mass is 236 g/mol. The zero-order valence-electron chi connectivity index (χ0n) is 10.6. The van der Waals surface area contributed by atoms with Crippen molar-refractivity contribution in [3.05, 3.63) is 30.1 Å². The lowest BCUT2D eigenvalue weighted by atomic mass is 10.2. The number of benzene rings is 1. The minimum absolute atomic E-state index is 0.176. The van der Waals surface area contributed by atoms with Crippen molar-refractivity contribution in [2.24, 2.45) is 5.92 Å². The zero-order valence-corrected chi connectivity index (χ0v) is 10.6. The molecule has 1 N–H and O–H groups in total. The summed E-state index contributed by atoms with van der Waals surface area (Å²) in [4.78, 5) is 2.35. The van der Waals surface area contributed by atoms with E-state index in [2.05, 4.69) is 24.2 Å². The van der Waals surface area contributed by atoms with E-state index in [9.17, 15) is 4.39 Å². The molecule has 3 heteroatoms. The first-order valence-electron chi connectivity index (χ1n) is 6.37. The molecule has 1 atom stereocenters. The Hall–Kier alpha value is -1.09. The molecule has 0 spiro atoms. The van der Waals surface area contributed by atoms with Crippen LogP contribution in [-0.2, 0) is 0 Å². The summed E-state index contributed by atoms with van der Waals surface area (Å²) in [5.41, 5.74) is 0.597. The maximum Gasteiger partial charge on any atom is 0.146 e. The summed E-state index contributed by atoms with van der Waals surface area (Å²) >= 11 is 0. The van der Waals surface area contributed by atoms with Crippen LogP contribution in [0.1, 0.15) is 19.8 Å². The molecule has 1 aromatic carbocycles. The molecule has 0 saturated heterocycles. The van der Waals surface area contributed by atoms with Crippen molar-refractivity contribution in [1.29, 1.82) is 0 Å².